The van der Waals surface area contributed by atoms with Crippen LogP contribution in [0.1, 0.15) is 5.56 Å². The zero-order valence-electron chi connectivity index (χ0n) is 10.8. The fourth-order valence-electron chi connectivity index (χ4n) is 2.00. The van der Waals surface area contributed by atoms with Crippen LogP contribution in [0.15, 0.2) is 47.1 Å². The van der Waals surface area contributed by atoms with Crippen molar-refractivity contribution in [3.8, 4) is 22.5 Å². The minimum atomic E-state index is -0.295. The summed E-state index contributed by atoms with van der Waals surface area (Å²) in [6.45, 7) is 1.70. The maximum Gasteiger partial charge on any atom is 0.232 e. The van der Waals surface area contributed by atoms with E-state index < -0.39 is 0 Å². The Morgan fingerprint density at radius 1 is 1.20 bits per heavy atom. The number of nitrogen functional groups attached to an aromatic ring is 1. The molecule has 0 saturated carbocycles. The Balaban J connectivity index is 2.18. The lowest BCUT2D eigenvalue weighted by molar-refractivity contribution is 0.439. The standard InChI is InChI=1S/C15H12FN3O/c1-9-5-6-10(8-11(9)16)14-13(15(17)20-19-14)12-4-2-3-7-18-12/h2-8H,17H2,1H3. The molecule has 3 rings (SSSR count). The Morgan fingerprint density at radius 2 is 2.05 bits per heavy atom. The topological polar surface area (TPSA) is 64.9 Å². The van der Waals surface area contributed by atoms with Crippen LogP contribution in [0.5, 0.6) is 0 Å². The van der Waals surface area contributed by atoms with Gasteiger partial charge in [0.05, 0.1) is 11.3 Å². The van der Waals surface area contributed by atoms with E-state index in [1.54, 1.807) is 37.4 Å². The zero-order valence-corrected chi connectivity index (χ0v) is 10.8. The lowest BCUT2D eigenvalue weighted by Gasteiger charge is -2.03. The molecule has 0 saturated heterocycles. The van der Waals surface area contributed by atoms with Crippen molar-refractivity contribution in [2.45, 2.75) is 6.92 Å². The van der Waals surface area contributed by atoms with E-state index in [1.807, 2.05) is 6.07 Å². The molecule has 100 valence electrons. The largest absolute Gasteiger partial charge is 0.367 e. The lowest BCUT2D eigenvalue weighted by atomic mass is 10.0. The quantitative estimate of drug-likeness (QED) is 0.774. The molecule has 0 aliphatic heterocycles. The SMILES string of the molecule is Cc1ccc(-c2noc(N)c2-c2ccccn2)cc1F. The van der Waals surface area contributed by atoms with Crippen LogP contribution >= 0.6 is 0 Å². The van der Waals surface area contributed by atoms with E-state index in [-0.39, 0.29) is 11.7 Å². The summed E-state index contributed by atoms with van der Waals surface area (Å²) in [5.41, 5.74) is 8.70. The van der Waals surface area contributed by atoms with Gasteiger partial charge in [0.15, 0.2) is 0 Å². The average Bonchev–Trinajstić information content (AvgIpc) is 2.85. The van der Waals surface area contributed by atoms with Crippen molar-refractivity contribution in [1.82, 2.24) is 10.1 Å². The molecule has 4 nitrogen and oxygen atoms in total. The van der Waals surface area contributed by atoms with Crippen LogP contribution in [0.3, 0.4) is 0 Å². The summed E-state index contributed by atoms with van der Waals surface area (Å²) >= 11 is 0. The van der Waals surface area contributed by atoms with Gasteiger partial charge in [0.1, 0.15) is 11.5 Å². The molecule has 0 spiro atoms. The first-order chi connectivity index (χ1) is 9.66. The summed E-state index contributed by atoms with van der Waals surface area (Å²) in [5.74, 6) is -0.129. The molecule has 0 fully saturated rings. The molecular weight excluding hydrogens is 257 g/mol. The lowest BCUT2D eigenvalue weighted by Crippen LogP contribution is -1.91. The maximum atomic E-state index is 13.7. The second-order valence-corrected chi connectivity index (χ2v) is 4.45. The molecular formula is C15H12FN3O. The molecule has 0 amide bonds. The van der Waals surface area contributed by atoms with Crippen LogP contribution in [-0.4, -0.2) is 10.1 Å². The van der Waals surface area contributed by atoms with Crippen molar-refractivity contribution in [3.05, 3.63) is 54.0 Å². The van der Waals surface area contributed by atoms with Gasteiger partial charge in [0.2, 0.25) is 5.88 Å². The number of hydrogen-bond donors (Lipinski definition) is 1. The van der Waals surface area contributed by atoms with E-state index in [9.17, 15) is 4.39 Å². The van der Waals surface area contributed by atoms with Crippen molar-refractivity contribution in [3.63, 3.8) is 0 Å². The highest BCUT2D eigenvalue weighted by Gasteiger charge is 2.18. The third kappa shape index (κ3) is 2.03. The number of aromatic nitrogens is 2. The Bertz CT molecular complexity index is 753. The van der Waals surface area contributed by atoms with Gasteiger partial charge in [0.25, 0.3) is 0 Å². The normalized spacial score (nSPS) is 10.7. The Hall–Kier alpha value is -2.69. The number of anilines is 1. The van der Waals surface area contributed by atoms with Crippen LogP contribution in [0.2, 0.25) is 0 Å². The Labute approximate surface area is 115 Å². The van der Waals surface area contributed by atoms with Gasteiger partial charge in [-0.3, -0.25) is 4.98 Å². The fourth-order valence-corrected chi connectivity index (χ4v) is 2.00. The summed E-state index contributed by atoms with van der Waals surface area (Å²) in [6, 6.07) is 10.3. The van der Waals surface area contributed by atoms with E-state index >= 15 is 0 Å². The molecule has 20 heavy (non-hydrogen) atoms. The van der Waals surface area contributed by atoms with Crippen LogP contribution in [0, 0.1) is 12.7 Å². The van der Waals surface area contributed by atoms with E-state index in [4.69, 9.17) is 10.3 Å². The first-order valence-corrected chi connectivity index (χ1v) is 6.10. The summed E-state index contributed by atoms with van der Waals surface area (Å²) in [6.07, 6.45) is 1.65. The molecule has 0 aliphatic carbocycles. The van der Waals surface area contributed by atoms with Crippen molar-refractivity contribution in [2.24, 2.45) is 0 Å². The van der Waals surface area contributed by atoms with E-state index in [0.717, 1.165) is 0 Å². The van der Waals surface area contributed by atoms with Crippen molar-refractivity contribution < 1.29 is 8.91 Å². The highest BCUT2D eigenvalue weighted by molar-refractivity contribution is 5.85. The predicted molar refractivity (Wildman–Crippen MR) is 74.3 cm³/mol. The molecule has 2 aromatic heterocycles. The van der Waals surface area contributed by atoms with Crippen LogP contribution in [0.25, 0.3) is 22.5 Å². The van der Waals surface area contributed by atoms with Gasteiger partial charge >= 0.3 is 0 Å². The van der Waals surface area contributed by atoms with Crippen LogP contribution in [0.4, 0.5) is 10.3 Å². The van der Waals surface area contributed by atoms with Crippen molar-refractivity contribution in [1.29, 1.82) is 0 Å². The number of nitrogens with two attached hydrogens (primary N) is 1. The summed E-state index contributed by atoms with van der Waals surface area (Å²) in [7, 11) is 0. The van der Waals surface area contributed by atoms with Gasteiger partial charge in [-0.05, 0) is 30.7 Å². The molecule has 0 atom stereocenters. The number of aryl methyl sites for hydroxylation is 1. The monoisotopic (exact) mass is 269 g/mol. The molecule has 0 bridgehead atoms. The minimum absolute atomic E-state index is 0.166. The van der Waals surface area contributed by atoms with Gasteiger partial charge < -0.3 is 10.3 Å². The highest BCUT2D eigenvalue weighted by atomic mass is 19.1. The molecule has 0 unspecified atom stereocenters. The summed E-state index contributed by atoms with van der Waals surface area (Å²) in [4.78, 5) is 4.23. The minimum Gasteiger partial charge on any atom is -0.367 e. The number of rotatable bonds is 2. The van der Waals surface area contributed by atoms with Gasteiger partial charge in [-0.1, -0.05) is 23.4 Å². The molecule has 3 aromatic rings. The second kappa shape index (κ2) is 4.77. The fraction of sp³-hybridized carbons (Fsp3) is 0.0667. The molecule has 1 aromatic carbocycles. The van der Waals surface area contributed by atoms with E-state index in [0.29, 0.717) is 28.1 Å². The van der Waals surface area contributed by atoms with Gasteiger partial charge in [-0.15, -0.1) is 0 Å². The third-order valence-corrected chi connectivity index (χ3v) is 3.08. The van der Waals surface area contributed by atoms with Gasteiger partial charge in [-0.25, -0.2) is 4.39 Å². The van der Waals surface area contributed by atoms with Crippen LogP contribution in [-0.2, 0) is 0 Å². The molecule has 5 heteroatoms. The average molecular weight is 269 g/mol. The van der Waals surface area contributed by atoms with Gasteiger partial charge in [0, 0.05) is 11.8 Å². The van der Waals surface area contributed by atoms with E-state index in [1.165, 1.54) is 6.07 Å². The molecule has 2 N–H and O–H groups in total. The number of pyridine rings is 1. The first kappa shape index (κ1) is 12.3. The van der Waals surface area contributed by atoms with Gasteiger partial charge in [-0.2, -0.15) is 0 Å². The number of halogens is 1. The van der Waals surface area contributed by atoms with Crippen LogP contribution < -0.4 is 5.73 Å². The second-order valence-electron chi connectivity index (χ2n) is 4.45. The van der Waals surface area contributed by atoms with Crippen molar-refractivity contribution >= 4 is 5.88 Å². The summed E-state index contributed by atoms with van der Waals surface area (Å²) in [5, 5.41) is 3.93. The number of hydrogen-bond acceptors (Lipinski definition) is 4. The molecule has 0 aliphatic rings. The number of benzene rings is 1. The zero-order chi connectivity index (χ0) is 14.1. The van der Waals surface area contributed by atoms with Crippen molar-refractivity contribution in [2.75, 3.05) is 5.73 Å². The smallest absolute Gasteiger partial charge is 0.232 e. The molecule has 2 heterocycles. The Morgan fingerprint density at radius 3 is 2.75 bits per heavy atom. The third-order valence-electron chi connectivity index (χ3n) is 3.08. The number of nitrogens with zero attached hydrogens (tertiary/aromatic N) is 2. The van der Waals surface area contributed by atoms with E-state index in [2.05, 4.69) is 10.1 Å². The maximum absolute atomic E-state index is 13.7. The molecule has 0 radical (unpaired) electrons. The predicted octanol–water partition coefficient (Wildman–Crippen LogP) is 3.43. The first-order valence-electron chi connectivity index (χ1n) is 6.10. The highest BCUT2D eigenvalue weighted by Crippen LogP contribution is 2.35. The summed E-state index contributed by atoms with van der Waals surface area (Å²) < 4.78 is 18.7. The Kier molecular flexibility index (Phi) is 2.95.